The van der Waals surface area contributed by atoms with Crippen molar-refractivity contribution in [1.82, 2.24) is 10.2 Å². The third-order valence-electron chi connectivity index (χ3n) is 5.43. The van der Waals surface area contributed by atoms with Gasteiger partial charge in [0, 0.05) is 20.2 Å². The number of carbonyl (C=O) groups is 2. The molecule has 0 unspecified atom stereocenters. The molecule has 0 radical (unpaired) electrons. The maximum absolute atomic E-state index is 12.9. The molecule has 138 valence electrons. The van der Waals surface area contributed by atoms with Gasteiger partial charge in [0.05, 0.1) is 30.5 Å². The lowest BCUT2D eigenvalue weighted by Crippen LogP contribution is -2.53. The average molecular weight is 349 g/mol. The number of rotatable bonds is 7. The van der Waals surface area contributed by atoms with Crippen LogP contribution >= 0.6 is 0 Å². The van der Waals surface area contributed by atoms with E-state index in [4.69, 9.17) is 14.9 Å². The molecular formula is C18H27N3O4. The van der Waals surface area contributed by atoms with Crippen LogP contribution in [0.25, 0.3) is 0 Å². The van der Waals surface area contributed by atoms with E-state index in [1.165, 1.54) is 0 Å². The lowest BCUT2D eigenvalue weighted by molar-refractivity contribution is -0.141. The zero-order valence-electron chi connectivity index (χ0n) is 14.9. The second-order valence-electron chi connectivity index (χ2n) is 7.36. The number of ether oxygens (including phenoxy) is 1. The van der Waals surface area contributed by atoms with Gasteiger partial charge in [-0.05, 0) is 31.9 Å². The minimum atomic E-state index is -0.407. The number of nitrogens with two attached hydrogens (primary N) is 1. The zero-order valence-corrected chi connectivity index (χ0v) is 14.9. The Morgan fingerprint density at radius 2 is 2.16 bits per heavy atom. The molecule has 2 fully saturated rings. The van der Waals surface area contributed by atoms with Crippen LogP contribution in [0.4, 0.5) is 0 Å². The fourth-order valence-electron chi connectivity index (χ4n) is 3.96. The smallest absolute Gasteiger partial charge is 0.231 e. The lowest BCUT2D eigenvalue weighted by Gasteiger charge is -2.40. The highest BCUT2D eigenvalue weighted by Crippen LogP contribution is 2.42. The summed E-state index contributed by atoms with van der Waals surface area (Å²) in [5.41, 5.74) is 4.93. The molecule has 1 saturated carbocycles. The van der Waals surface area contributed by atoms with E-state index >= 15 is 0 Å². The Bertz CT molecular complexity index is 638. The van der Waals surface area contributed by atoms with Gasteiger partial charge >= 0.3 is 0 Å². The Hall–Kier alpha value is -1.86. The molecule has 0 bridgehead atoms. The predicted molar refractivity (Wildman–Crippen MR) is 91.9 cm³/mol. The molecule has 7 nitrogen and oxygen atoms in total. The van der Waals surface area contributed by atoms with Crippen LogP contribution in [0.5, 0.6) is 0 Å². The number of aryl methyl sites for hydroxylation is 1. The average Bonchev–Trinajstić information content (AvgIpc) is 3.08. The van der Waals surface area contributed by atoms with Gasteiger partial charge in [0.15, 0.2) is 0 Å². The largest absolute Gasteiger partial charge is 0.466 e. The van der Waals surface area contributed by atoms with E-state index in [2.05, 4.69) is 5.32 Å². The van der Waals surface area contributed by atoms with E-state index in [9.17, 15) is 9.59 Å². The summed E-state index contributed by atoms with van der Waals surface area (Å²) < 4.78 is 11.1. The number of carbonyl (C=O) groups excluding carboxylic acids is 2. The van der Waals surface area contributed by atoms with E-state index in [-0.39, 0.29) is 30.3 Å². The summed E-state index contributed by atoms with van der Waals surface area (Å²) in [5.74, 6) is 1.36. The van der Waals surface area contributed by atoms with Crippen LogP contribution in [0, 0.1) is 12.3 Å². The summed E-state index contributed by atoms with van der Waals surface area (Å²) in [6, 6.07) is 3.76. The summed E-state index contributed by atoms with van der Waals surface area (Å²) in [4.78, 5) is 26.1. The molecule has 1 saturated heterocycles. The van der Waals surface area contributed by atoms with E-state index in [1.54, 1.807) is 7.11 Å². The molecule has 2 amide bonds. The first-order chi connectivity index (χ1) is 11.9. The van der Waals surface area contributed by atoms with Crippen molar-refractivity contribution in [1.29, 1.82) is 0 Å². The number of hydrogen-bond acceptors (Lipinski definition) is 5. The number of amides is 2. The number of nitrogens with zero attached hydrogens (tertiary/aromatic N) is 1. The van der Waals surface area contributed by atoms with Gasteiger partial charge in [-0.1, -0.05) is 6.42 Å². The second kappa shape index (κ2) is 7.17. The Morgan fingerprint density at radius 1 is 1.40 bits per heavy atom. The van der Waals surface area contributed by atoms with Crippen molar-refractivity contribution in [2.45, 2.75) is 38.1 Å². The van der Waals surface area contributed by atoms with E-state index < -0.39 is 5.41 Å². The fraction of sp³-hybridized carbons (Fsp3) is 0.667. The Balaban J connectivity index is 1.74. The second-order valence-corrected chi connectivity index (χ2v) is 7.36. The molecule has 0 aromatic carbocycles. The summed E-state index contributed by atoms with van der Waals surface area (Å²) in [6.45, 7) is 3.75. The maximum Gasteiger partial charge on any atom is 0.231 e. The molecule has 3 rings (SSSR count). The van der Waals surface area contributed by atoms with Crippen molar-refractivity contribution in [3.63, 3.8) is 0 Å². The summed E-state index contributed by atoms with van der Waals surface area (Å²) in [6.07, 6.45) is 2.76. The zero-order chi connectivity index (χ0) is 18.0. The number of hydrogen-bond donors (Lipinski definition) is 2. The quantitative estimate of drug-likeness (QED) is 0.758. The molecule has 2 atom stereocenters. The Kier molecular flexibility index (Phi) is 5.15. The van der Waals surface area contributed by atoms with Crippen molar-refractivity contribution < 1.29 is 18.7 Å². The normalized spacial score (nSPS) is 25.5. The first-order valence-corrected chi connectivity index (χ1v) is 8.80. The minimum Gasteiger partial charge on any atom is -0.466 e. The molecule has 1 aromatic rings. The van der Waals surface area contributed by atoms with Crippen molar-refractivity contribution in [2.24, 2.45) is 11.1 Å². The molecule has 1 aliphatic carbocycles. The molecule has 1 aromatic heterocycles. The lowest BCUT2D eigenvalue weighted by atomic mass is 9.68. The first kappa shape index (κ1) is 17.9. The molecular weight excluding hydrogens is 322 g/mol. The standard InChI is InChI=1S/C18H27N3O4/c1-12-4-5-15(25-12)13-8-21(10-16(19)22)9-14(13)20-17(23)18(11-24-2)6-3-7-18/h4-5,13-14H,3,6-11H2,1-2H3,(H2,19,22)(H,20,23)/t13-,14-/m0/s1. The van der Waals surface area contributed by atoms with E-state index in [1.807, 2.05) is 24.0 Å². The minimum absolute atomic E-state index is 0.0108. The number of furan rings is 1. The summed E-state index contributed by atoms with van der Waals surface area (Å²) in [5, 5.41) is 3.19. The van der Waals surface area contributed by atoms with Crippen LogP contribution in [0.1, 0.15) is 36.7 Å². The van der Waals surface area contributed by atoms with Crippen molar-refractivity contribution in [3.8, 4) is 0 Å². The highest BCUT2D eigenvalue weighted by Gasteiger charge is 2.46. The van der Waals surface area contributed by atoms with Crippen LogP contribution in [-0.2, 0) is 14.3 Å². The van der Waals surface area contributed by atoms with Gasteiger partial charge in [0.2, 0.25) is 11.8 Å². The summed E-state index contributed by atoms with van der Waals surface area (Å²) in [7, 11) is 1.63. The van der Waals surface area contributed by atoms with Gasteiger partial charge in [-0.2, -0.15) is 0 Å². The molecule has 7 heteroatoms. The molecule has 2 heterocycles. The van der Waals surface area contributed by atoms with Gasteiger partial charge < -0.3 is 20.2 Å². The molecule has 2 aliphatic rings. The van der Waals surface area contributed by atoms with Crippen LogP contribution in [0.2, 0.25) is 0 Å². The van der Waals surface area contributed by atoms with Gasteiger partial charge in [-0.15, -0.1) is 0 Å². The number of nitrogens with one attached hydrogen (secondary N) is 1. The molecule has 3 N–H and O–H groups in total. The van der Waals surface area contributed by atoms with Gasteiger partial charge in [-0.3, -0.25) is 14.5 Å². The number of methoxy groups -OCH3 is 1. The van der Waals surface area contributed by atoms with Crippen LogP contribution in [0.15, 0.2) is 16.5 Å². The van der Waals surface area contributed by atoms with Gasteiger partial charge in [0.25, 0.3) is 0 Å². The van der Waals surface area contributed by atoms with Crippen LogP contribution in [-0.4, -0.2) is 56.1 Å². The van der Waals surface area contributed by atoms with Crippen LogP contribution in [0.3, 0.4) is 0 Å². The van der Waals surface area contributed by atoms with Gasteiger partial charge in [0.1, 0.15) is 11.5 Å². The molecule has 0 spiro atoms. The first-order valence-electron chi connectivity index (χ1n) is 8.80. The number of likely N-dealkylation sites (tertiary alicyclic amines) is 1. The van der Waals surface area contributed by atoms with Crippen LogP contribution < -0.4 is 11.1 Å². The van der Waals surface area contributed by atoms with Gasteiger partial charge in [-0.25, -0.2) is 0 Å². The summed E-state index contributed by atoms with van der Waals surface area (Å²) >= 11 is 0. The highest BCUT2D eigenvalue weighted by molar-refractivity contribution is 5.84. The third-order valence-corrected chi connectivity index (χ3v) is 5.43. The molecule has 25 heavy (non-hydrogen) atoms. The van der Waals surface area contributed by atoms with E-state index in [0.29, 0.717) is 19.7 Å². The highest BCUT2D eigenvalue weighted by atomic mass is 16.5. The third kappa shape index (κ3) is 3.72. The predicted octanol–water partition coefficient (Wildman–Crippen LogP) is 0.774. The fourth-order valence-corrected chi connectivity index (χ4v) is 3.96. The van der Waals surface area contributed by atoms with E-state index in [0.717, 1.165) is 30.8 Å². The Labute approximate surface area is 147 Å². The van der Waals surface area contributed by atoms with Crippen molar-refractivity contribution >= 4 is 11.8 Å². The number of primary amides is 1. The van der Waals surface area contributed by atoms with Crippen molar-refractivity contribution in [2.75, 3.05) is 33.4 Å². The monoisotopic (exact) mass is 349 g/mol. The van der Waals surface area contributed by atoms with Crippen molar-refractivity contribution in [3.05, 3.63) is 23.7 Å². The Morgan fingerprint density at radius 3 is 2.68 bits per heavy atom. The maximum atomic E-state index is 12.9. The SMILES string of the molecule is COCC1(C(=O)N[C@H]2CN(CC(N)=O)C[C@@H]2c2ccc(C)o2)CCC1. The topological polar surface area (TPSA) is 97.8 Å². The molecule has 1 aliphatic heterocycles.